The molecule has 0 spiro atoms. The predicted molar refractivity (Wildman–Crippen MR) is 107 cm³/mol. The highest BCUT2D eigenvalue weighted by atomic mass is 32.2. The van der Waals surface area contributed by atoms with E-state index in [0.29, 0.717) is 17.2 Å². The second-order valence-electron chi connectivity index (χ2n) is 6.34. The summed E-state index contributed by atoms with van der Waals surface area (Å²) in [5.74, 6) is 0.579. The van der Waals surface area contributed by atoms with Gasteiger partial charge in [-0.05, 0) is 31.2 Å². The molecule has 0 aliphatic rings. The van der Waals surface area contributed by atoms with Crippen LogP contribution in [-0.4, -0.2) is 27.7 Å². The van der Waals surface area contributed by atoms with E-state index in [1.807, 2.05) is 25.4 Å². The molecule has 10 heteroatoms. The van der Waals surface area contributed by atoms with Crippen molar-refractivity contribution < 1.29 is 13.3 Å². The van der Waals surface area contributed by atoms with Crippen molar-refractivity contribution >= 4 is 27.2 Å². The van der Waals surface area contributed by atoms with Gasteiger partial charge < -0.3 is 0 Å². The fraction of sp³-hybridized carbons (Fsp3) is 0.0526. The van der Waals surface area contributed by atoms with Gasteiger partial charge in [0.1, 0.15) is 0 Å². The van der Waals surface area contributed by atoms with E-state index < -0.39 is 14.9 Å². The Morgan fingerprint density at radius 1 is 1.07 bits per heavy atom. The summed E-state index contributed by atoms with van der Waals surface area (Å²) in [6.07, 6.45) is 3.71. The van der Waals surface area contributed by atoms with Gasteiger partial charge in [-0.3, -0.25) is 19.2 Å². The van der Waals surface area contributed by atoms with Crippen LogP contribution in [0.1, 0.15) is 5.69 Å². The summed E-state index contributed by atoms with van der Waals surface area (Å²) in [5, 5.41) is 10.9. The van der Waals surface area contributed by atoms with Gasteiger partial charge in [0.2, 0.25) is 5.78 Å². The number of imidazole rings is 1. The number of rotatable bonds is 5. The first-order valence-corrected chi connectivity index (χ1v) is 10.0. The summed E-state index contributed by atoms with van der Waals surface area (Å²) in [5.41, 5.74) is 2.40. The lowest BCUT2D eigenvalue weighted by molar-refractivity contribution is -0.385. The number of nitrogens with zero attached hydrogens (tertiary/aromatic N) is 4. The van der Waals surface area contributed by atoms with E-state index in [1.165, 1.54) is 18.2 Å². The standard InChI is InChI=1S/C19H15N5O4S/c1-13-9-10-23-12-18(21-19(23)20-13)14-5-7-15(8-6-14)22-29(27,28)17-4-2-3-16(11-17)24(25)26/h2-12,22H,1H3. The Kier molecular flexibility index (Phi) is 4.47. The lowest BCUT2D eigenvalue weighted by Gasteiger charge is -2.08. The molecular formula is C19H15N5O4S. The van der Waals surface area contributed by atoms with E-state index in [1.54, 1.807) is 28.7 Å². The average Bonchev–Trinajstić information content (AvgIpc) is 3.11. The normalized spacial score (nSPS) is 11.5. The molecule has 0 aliphatic carbocycles. The Labute approximate surface area is 165 Å². The first kappa shape index (κ1) is 18.6. The van der Waals surface area contributed by atoms with Crippen molar-refractivity contribution in [1.29, 1.82) is 0 Å². The summed E-state index contributed by atoms with van der Waals surface area (Å²) in [4.78, 5) is 18.9. The summed E-state index contributed by atoms with van der Waals surface area (Å²) in [7, 11) is -3.96. The zero-order valence-electron chi connectivity index (χ0n) is 15.2. The first-order chi connectivity index (χ1) is 13.8. The SMILES string of the molecule is Cc1ccn2cc(-c3ccc(NS(=O)(=O)c4cccc([N+](=O)[O-])c4)cc3)nc2n1. The van der Waals surface area contributed by atoms with Crippen LogP contribution in [0.5, 0.6) is 0 Å². The molecule has 29 heavy (non-hydrogen) atoms. The molecule has 0 aliphatic heterocycles. The van der Waals surface area contributed by atoms with Crippen molar-refractivity contribution in [2.45, 2.75) is 11.8 Å². The number of hydrogen-bond donors (Lipinski definition) is 1. The monoisotopic (exact) mass is 409 g/mol. The van der Waals surface area contributed by atoms with Gasteiger partial charge in [-0.1, -0.05) is 18.2 Å². The molecule has 2 aromatic carbocycles. The second kappa shape index (κ2) is 6.99. The van der Waals surface area contributed by atoms with Crippen LogP contribution in [0, 0.1) is 17.0 Å². The number of non-ortho nitro benzene ring substituents is 1. The number of sulfonamides is 1. The smallest absolute Gasteiger partial charge is 0.270 e. The third-order valence-corrected chi connectivity index (χ3v) is 5.62. The molecule has 0 fully saturated rings. The molecule has 4 rings (SSSR count). The van der Waals surface area contributed by atoms with Crippen molar-refractivity contribution in [3.8, 4) is 11.3 Å². The highest BCUT2D eigenvalue weighted by molar-refractivity contribution is 7.92. The molecule has 0 saturated heterocycles. The van der Waals surface area contributed by atoms with Crippen molar-refractivity contribution in [2.24, 2.45) is 0 Å². The van der Waals surface area contributed by atoms with E-state index in [4.69, 9.17) is 0 Å². The van der Waals surface area contributed by atoms with Crippen molar-refractivity contribution in [1.82, 2.24) is 14.4 Å². The molecule has 146 valence electrons. The lowest BCUT2D eigenvalue weighted by Crippen LogP contribution is -2.13. The summed E-state index contributed by atoms with van der Waals surface area (Å²) >= 11 is 0. The number of aromatic nitrogens is 3. The summed E-state index contributed by atoms with van der Waals surface area (Å²) < 4.78 is 29.3. The van der Waals surface area contributed by atoms with Crippen LogP contribution in [0.25, 0.3) is 17.0 Å². The Bertz CT molecular complexity index is 1330. The molecule has 0 bridgehead atoms. The highest BCUT2D eigenvalue weighted by Gasteiger charge is 2.18. The number of fused-ring (bicyclic) bond motifs is 1. The minimum atomic E-state index is -3.96. The average molecular weight is 409 g/mol. The topological polar surface area (TPSA) is 120 Å². The number of anilines is 1. The molecular weight excluding hydrogens is 394 g/mol. The molecule has 2 aromatic heterocycles. The molecule has 2 heterocycles. The Morgan fingerprint density at radius 3 is 2.55 bits per heavy atom. The zero-order chi connectivity index (χ0) is 20.6. The van der Waals surface area contributed by atoms with Gasteiger partial charge in [-0.25, -0.2) is 18.4 Å². The van der Waals surface area contributed by atoms with Crippen LogP contribution in [0.2, 0.25) is 0 Å². The minimum Gasteiger partial charge on any atom is -0.291 e. The molecule has 0 radical (unpaired) electrons. The molecule has 0 amide bonds. The van der Waals surface area contributed by atoms with Gasteiger partial charge in [0, 0.05) is 41.5 Å². The summed E-state index contributed by atoms with van der Waals surface area (Å²) in [6, 6.07) is 13.4. The van der Waals surface area contributed by atoms with Gasteiger partial charge in [0.25, 0.3) is 15.7 Å². The van der Waals surface area contributed by atoms with Gasteiger partial charge in [-0.15, -0.1) is 0 Å². The number of nitro benzene ring substituents is 1. The molecule has 0 atom stereocenters. The largest absolute Gasteiger partial charge is 0.291 e. The third-order valence-electron chi connectivity index (χ3n) is 4.24. The van der Waals surface area contributed by atoms with E-state index >= 15 is 0 Å². The minimum absolute atomic E-state index is 0.183. The maximum Gasteiger partial charge on any atom is 0.270 e. The maximum atomic E-state index is 12.5. The lowest BCUT2D eigenvalue weighted by atomic mass is 10.1. The van der Waals surface area contributed by atoms with E-state index in [-0.39, 0.29) is 10.6 Å². The van der Waals surface area contributed by atoms with Gasteiger partial charge >= 0.3 is 0 Å². The van der Waals surface area contributed by atoms with Crippen LogP contribution < -0.4 is 4.72 Å². The van der Waals surface area contributed by atoms with Gasteiger partial charge in [0.05, 0.1) is 15.5 Å². The van der Waals surface area contributed by atoms with Crippen molar-refractivity contribution in [3.05, 3.63) is 82.8 Å². The second-order valence-corrected chi connectivity index (χ2v) is 8.02. The fourth-order valence-electron chi connectivity index (χ4n) is 2.79. The van der Waals surface area contributed by atoms with Crippen LogP contribution in [0.15, 0.2) is 71.9 Å². The van der Waals surface area contributed by atoms with Crippen molar-refractivity contribution in [2.75, 3.05) is 4.72 Å². The van der Waals surface area contributed by atoms with Crippen LogP contribution in [-0.2, 0) is 10.0 Å². The van der Waals surface area contributed by atoms with E-state index in [0.717, 1.165) is 17.3 Å². The Morgan fingerprint density at radius 2 is 1.83 bits per heavy atom. The molecule has 0 saturated carbocycles. The fourth-order valence-corrected chi connectivity index (χ4v) is 3.88. The van der Waals surface area contributed by atoms with Gasteiger partial charge in [-0.2, -0.15) is 0 Å². The first-order valence-electron chi connectivity index (χ1n) is 8.52. The zero-order valence-corrected chi connectivity index (χ0v) is 16.0. The number of benzene rings is 2. The molecule has 4 aromatic rings. The third kappa shape index (κ3) is 3.78. The number of nitro groups is 1. The maximum absolute atomic E-state index is 12.5. The van der Waals surface area contributed by atoms with E-state index in [2.05, 4.69) is 14.7 Å². The van der Waals surface area contributed by atoms with Crippen LogP contribution >= 0.6 is 0 Å². The Balaban J connectivity index is 1.59. The van der Waals surface area contributed by atoms with E-state index in [9.17, 15) is 18.5 Å². The number of nitrogens with one attached hydrogen (secondary N) is 1. The van der Waals surface area contributed by atoms with Crippen LogP contribution in [0.3, 0.4) is 0 Å². The number of aryl methyl sites for hydroxylation is 1. The van der Waals surface area contributed by atoms with Crippen molar-refractivity contribution in [3.63, 3.8) is 0 Å². The van der Waals surface area contributed by atoms with Crippen LogP contribution in [0.4, 0.5) is 11.4 Å². The highest BCUT2D eigenvalue weighted by Crippen LogP contribution is 2.24. The Hall–Kier alpha value is -3.79. The molecule has 9 nitrogen and oxygen atoms in total. The number of hydrogen-bond acceptors (Lipinski definition) is 6. The molecule has 1 N–H and O–H groups in total. The molecule has 0 unspecified atom stereocenters. The predicted octanol–water partition coefficient (Wildman–Crippen LogP) is 3.41. The summed E-state index contributed by atoms with van der Waals surface area (Å²) in [6.45, 7) is 1.89. The quantitative estimate of drug-likeness (QED) is 0.398. The van der Waals surface area contributed by atoms with Gasteiger partial charge in [0.15, 0.2) is 0 Å².